The number of nitrogens with zero attached hydrogens (tertiary/aromatic N) is 3. The number of carbonyl (C=O) groups is 2. The van der Waals surface area contributed by atoms with Crippen molar-refractivity contribution in [2.75, 3.05) is 11.9 Å². The van der Waals surface area contributed by atoms with Crippen LogP contribution in [0.3, 0.4) is 0 Å². The second kappa shape index (κ2) is 5.17. The van der Waals surface area contributed by atoms with Gasteiger partial charge < -0.3 is 10.1 Å². The topological polar surface area (TPSA) is 86.1 Å². The molecule has 0 radical (unpaired) electrons. The normalized spacial score (nSPS) is 13.0. The number of hydrogen-bond donors (Lipinski definition) is 1. The number of anilines is 1. The summed E-state index contributed by atoms with van der Waals surface area (Å²) >= 11 is 5.99. The van der Waals surface area contributed by atoms with Crippen molar-refractivity contribution in [3.63, 3.8) is 0 Å². The molecule has 2 heterocycles. The van der Waals surface area contributed by atoms with E-state index in [2.05, 4.69) is 15.6 Å². The van der Waals surface area contributed by atoms with Gasteiger partial charge in [0.25, 0.3) is 0 Å². The van der Waals surface area contributed by atoms with Gasteiger partial charge in [-0.3, -0.25) is 4.79 Å². The summed E-state index contributed by atoms with van der Waals surface area (Å²) < 4.78 is 6.36. The third kappa shape index (κ3) is 2.36. The minimum Gasteiger partial charge on any atom is -0.461 e. The summed E-state index contributed by atoms with van der Waals surface area (Å²) in [5.41, 5.74) is 1.54. The molecule has 0 atom stereocenters. The Balaban J connectivity index is 2.17. The fourth-order valence-corrected chi connectivity index (χ4v) is 2.31. The third-order valence-corrected chi connectivity index (χ3v) is 3.26. The Morgan fingerprint density at radius 2 is 2.33 bits per heavy atom. The van der Waals surface area contributed by atoms with E-state index in [1.54, 1.807) is 25.1 Å². The molecule has 1 aromatic carbocycles. The Morgan fingerprint density at radius 3 is 3.10 bits per heavy atom. The molecule has 0 saturated carbocycles. The van der Waals surface area contributed by atoms with Crippen LogP contribution in [0.5, 0.6) is 0 Å². The highest BCUT2D eigenvalue weighted by Crippen LogP contribution is 2.28. The maximum absolute atomic E-state index is 12.0. The van der Waals surface area contributed by atoms with E-state index >= 15 is 0 Å². The van der Waals surface area contributed by atoms with Crippen molar-refractivity contribution >= 4 is 29.2 Å². The Hall–Kier alpha value is -2.41. The number of ether oxygens (including phenoxy) is 1. The number of nitrogens with one attached hydrogen (secondary N) is 1. The molecule has 0 unspecified atom stereocenters. The number of rotatable bonds is 2. The molecular formula is C13H11ClN4O3. The first-order chi connectivity index (χ1) is 10.1. The van der Waals surface area contributed by atoms with Gasteiger partial charge >= 0.3 is 5.97 Å². The van der Waals surface area contributed by atoms with Crippen LogP contribution in [0.2, 0.25) is 5.02 Å². The fraction of sp³-hybridized carbons (Fsp3) is 0.231. The van der Waals surface area contributed by atoms with Crippen molar-refractivity contribution in [1.29, 1.82) is 0 Å². The summed E-state index contributed by atoms with van der Waals surface area (Å²) in [6.45, 7) is 1.92. The zero-order valence-corrected chi connectivity index (χ0v) is 11.8. The summed E-state index contributed by atoms with van der Waals surface area (Å²) in [7, 11) is 0. The van der Waals surface area contributed by atoms with E-state index in [4.69, 9.17) is 16.3 Å². The second-order valence-corrected chi connectivity index (χ2v) is 4.84. The molecule has 0 spiro atoms. The molecule has 1 amide bonds. The summed E-state index contributed by atoms with van der Waals surface area (Å²) in [6.07, 6.45) is -0.0204. The smallest absolute Gasteiger partial charge is 0.360 e. The van der Waals surface area contributed by atoms with Crippen LogP contribution in [-0.2, 0) is 16.0 Å². The summed E-state index contributed by atoms with van der Waals surface area (Å²) in [5, 5.41) is 11.0. The Morgan fingerprint density at radius 1 is 1.52 bits per heavy atom. The van der Waals surface area contributed by atoms with Crippen molar-refractivity contribution in [2.45, 2.75) is 13.3 Å². The lowest BCUT2D eigenvalue weighted by Gasteiger charge is -2.07. The maximum atomic E-state index is 12.0. The van der Waals surface area contributed by atoms with E-state index in [0.29, 0.717) is 22.1 Å². The average molecular weight is 307 g/mol. The van der Waals surface area contributed by atoms with E-state index in [1.807, 2.05) is 0 Å². The van der Waals surface area contributed by atoms with E-state index in [0.717, 1.165) is 0 Å². The molecule has 1 aliphatic heterocycles. The maximum Gasteiger partial charge on any atom is 0.360 e. The molecule has 2 aromatic rings. The number of halogens is 1. The number of fused-ring (bicyclic) bond motifs is 3. The highest BCUT2D eigenvalue weighted by atomic mass is 35.5. The molecule has 0 aliphatic carbocycles. The van der Waals surface area contributed by atoms with Gasteiger partial charge in [0, 0.05) is 5.02 Å². The number of amides is 1. The molecule has 21 heavy (non-hydrogen) atoms. The largest absolute Gasteiger partial charge is 0.461 e. The fourth-order valence-electron chi connectivity index (χ4n) is 2.14. The third-order valence-electron chi connectivity index (χ3n) is 3.02. The predicted octanol–water partition coefficient (Wildman–Crippen LogP) is 1.59. The number of benzene rings is 1. The minimum absolute atomic E-state index is 0.0204. The highest BCUT2D eigenvalue weighted by molar-refractivity contribution is 6.31. The van der Waals surface area contributed by atoms with Gasteiger partial charge in [0.15, 0.2) is 5.69 Å². The monoisotopic (exact) mass is 306 g/mol. The lowest BCUT2D eigenvalue weighted by Crippen LogP contribution is -2.16. The molecule has 1 N–H and O–H groups in total. The van der Waals surface area contributed by atoms with E-state index in [9.17, 15) is 9.59 Å². The van der Waals surface area contributed by atoms with Crippen molar-refractivity contribution in [3.05, 3.63) is 34.6 Å². The van der Waals surface area contributed by atoms with Gasteiger partial charge in [0.05, 0.1) is 30.1 Å². The molecule has 0 saturated heterocycles. The van der Waals surface area contributed by atoms with Gasteiger partial charge in [-0.05, 0) is 25.1 Å². The minimum atomic E-state index is -0.600. The molecular weight excluding hydrogens is 296 g/mol. The van der Waals surface area contributed by atoms with Crippen LogP contribution >= 0.6 is 11.6 Å². The zero-order chi connectivity index (χ0) is 15.0. The SMILES string of the molecule is CCOC(=O)c1nnn2c1CC(=O)Nc1ccc(Cl)cc1-2. The summed E-state index contributed by atoms with van der Waals surface area (Å²) in [6, 6.07) is 4.99. The lowest BCUT2D eigenvalue weighted by atomic mass is 10.2. The zero-order valence-electron chi connectivity index (χ0n) is 11.1. The van der Waals surface area contributed by atoms with Gasteiger partial charge in [-0.15, -0.1) is 5.10 Å². The van der Waals surface area contributed by atoms with Gasteiger partial charge in [-0.25, -0.2) is 9.48 Å². The Kier molecular flexibility index (Phi) is 3.34. The molecule has 1 aromatic heterocycles. The summed E-state index contributed by atoms with van der Waals surface area (Å²) in [5.74, 6) is -0.859. The molecule has 108 valence electrons. The van der Waals surface area contributed by atoms with Gasteiger partial charge in [-0.1, -0.05) is 16.8 Å². The van der Waals surface area contributed by atoms with Crippen LogP contribution < -0.4 is 5.32 Å². The molecule has 1 aliphatic rings. The first-order valence-electron chi connectivity index (χ1n) is 6.31. The Labute approximate surface area is 124 Å². The molecule has 8 heteroatoms. The first-order valence-corrected chi connectivity index (χ1v) is 6.69. The number of hydrogen-bond acceptors (Lipinski definition) is 5. The average Bonchev–Trinajstić information content (AvgIpc) is 2.79. The van der Waals surface area contributed by atoms with E-state index < -0.39 is 5.97 Å². The van der Waals surface area contributed by atoms with Gasteiger partial charge in [-0.2, -0.15) is 0 Å². The quantitative estimate of drug-likeness (QED) is 0.852. The number of carbonyl (C=O) groups excluding carboxylic acids is 2. The van der Waals surface area contributed by atoms with E-state index in [1.165, 1.54) is 4.68 Å². The molecule has 0 fully saturated rings. The van der Waals surface area contributed by atoms with Crippen LogP contribution in [0.4, 0.5) is 5.69 Å². The Bertz CT molecular complexity index is 741. The first kappa shape index (κ1) is 13.6. The molecule has 0 bridgehead atoms. The van der Waals surface area contributed by atoms with Crippen molar-refractivity contribution in [2.24, 2.45) is 0 Å². The highest BCUT2D eigenvalue weighted by Gasteiger charge is 2.27. The van der Waals surface area contributed by atoms with Crippen LogP contribution in [0.25, 0.3) is 5.69 Å². The lowest BCUT2D eigenvalue weighted by molar-refractivity contribution is -0.115. The van der Waals surface area contributed by atoms with Crippen LogP contribution in [-0.4, -0.2) is 33.5 Å². The van der Waals surface area contributed by atoms with Crippen molar-refractivity contribution < 1.29 is 14.3 Å². The van der Waals surface area contributed by atoms with Crippen LogP contribution in [0.1, 0.15) is 23.1 Å². The van der Waals surface area contributed by atoms with Crippen molar-refractivity contribution in [3.8, 4) is 5.69 Å². The number of esters is 1. The molecule has 7 nitrogen and oxygen atoms in total. The van der Waals surface area contributed by atoms with Crippen molar-refractivity contribution in [1.82, 2.24) is 15.0 Å². The van der Waals surface area contributed by atoms with Crippen LogP contribution in [0, 0.1) is 0 Å². The van der Waals surface area contributed by atoms with Gasteiger partial charge in [0.2, 0.25) is 5.91 Å². The van der Waals surface area contributed by atoms with Crippen LogP contribution in [0.15, 0.2) is 18.2 Å². The standard InChI is InChI=1S/C13H11ClN4O3/c1-2-21-13(20)12-10-6-11(19)15-8-4-3-7(14)5-9(8)18(10)17-16-12/h3-5H,2,6H2,1H3,(H,15,19). The summed E-state index contributed by atoms with van der Waals surface area (Å²) in [4.78, 5) is 23.8. The van der Waals surface area contributed by atoms with E-state index in [-0.39, 0.29) is 24.6 Å². The second-order valence-electron chi connectivity index (χ2n) is 4.40. The predicted molar refractivity (Wildman–Crippen MR) is 74.7 cm³/mol. The van der Waals surface area contributed by atoms with Gasteiger partial charge in [0.1, 0.15) is 0 Å². The number of aromatic nitrogens is 3. The molecule has 3 rings (SSSR count).